The predicted octanol–water partition coefficient (Wildman–Crippen LogP) is 2.00. The van der Waals surface area contributed by atoms with Crippen molar-refractivity contribution < 1.29 is 4.79 Å². The second-order valence-electron chi connectivity index (χ2n) is 1.92. The minimum Gasteiger partial charge on any atom is -0.367 e. The van der Waals surface area contributed by atoms with Crippen LogP contribution in [0.4, 0.5) is 5.00 Å². The van der Waals surface area contributed by atoms with Gasteiger partial charge in [-0.25, -0.2) is 0 Å². The third-order valence-electron chi connectivity index (χ3n) is 1.32. The maximum atomic E-state index is 11.1. The average molecular weight is 171 g/mol. The van der Waals surface area contributed by atoms with Gasteiger partial charge >= 0.3 is 0 Å². The highest BCUT2D eigenvalue weighted by molar-refractivity contribution is 8.14. The van der Waals surface area contributed by atoms with Gasteiger partial charge in [-0.3, -0.25) is 4.79 Å². The molecule has 1 aromatic rings. The Kier molecular flexibility index (Phi) is 1.43. The highest BCUT2D eigenvalue weighted by atomic mass is 32.2. The Labute approximate surface area is 66.6 Å². The molecule has 0 atom stereocenters. The molecule has 0 radical (unpaired) electrons. The molecule has 0 saturated carbocycles. The van der Waals surface area contributed by atoms with E-state index in [1.807, 2.05) is 11.4 Å². The van der Waals surface area contributed by atoms with Crippen LogP contribution in [0.2, 0.25) is 0 Å². The van der Waals surface area contributed by atoms with Crippen LogP contribution >= 0.6 is 23.1 Å². The van der Waals surface area contributed by atoms with Crippen LogP contribution in [0, 0.1) is 0 Å². The summed E-state index contributed by atoms with van der Waals surface area (Å²) in [6.07, 6.45) is 0. The highest BCUT2D eigenvalue weighted by Gasteiger charge is 2.17. The van der Waals surface area contributed by atoms with E-state index in [1.165, 1.54) is 11.8 Å². The molecule has 1 aromatic heterocycles. The molecule has 0 aliphatic carbocycles. The molecule has 0 fully saturated rings. The van der Waals surface area contributed by atoms with E-state index in [0.717, 1.165) is 10.6 Å². The van der Waals surface area contributed by atoms with Gasteiger partial charge in [0.25, 0.3) is 0 Å². The van der Waals surface area contributed by atoms with E-state index < -0.39 is 0 Å². The number of carbonyl (C=O) groups is 1. The van der Waals surface area contributed by atoms with Crippen molar-refractivity contribution in [3.8, 4) is 0 Å². The van der Waals surface area contributed by atoms with Crippen molar-refractivity contribution in [2.45, 2.75) is 0 Å². The summed E-state index contributed by atoms with van der Waals surface area (Å²) in [6.45, 7) is 0. The number of thiophene rings is 1. The van der Waals surface area contributed by atoms with Crippen LogP contribution in [0.3, 0.4) is 0 Å². The Morgan fingerprint density at radius 3 is 3.30 bits per heavy atom. The van der Waals surface area contributed by atoms with E-state index in [-0.39, 0.29) is 5.12 Å². The lowest BCUT2D eigenvalue weighted by molar-refractivity contribution is 0.108. The van der Waals surface area contributed by atoms with Crippen molar-refractivity contribution in [1.82, 2.24) is 0 Å². The Bertz CT molecular complexity index is 268. The van der Waals surface area contributed by atoms with Crippen molar-refractivity contribution in [1.29, 1.82) is 0 Å². The van der Waals surface area contributed by atoms with E-state index in [2.05, 4.69) is 5.32 Å². The van der Waals surface area contributed by atoms with Crippen LogP contribution in [-0.4, -0.2) is 11.0 Å². The predicted molar refractivity (Wildman–Crippen MR) is 44.7 cm³/mol. The molecule has 0 aromatic carbocycles. The molecule has 2 nitrogen and oxygen atoms in total. The molecule has 4 heteroatoms. The summed E-state index contributed by atoms with van der Waals surface area (Å²) in [4.78, 5) is 11.1. The number of anilines is 1. The zero-order valence-corrected chi connectivity index (χ0v) is 6.72. The summed E-state index contributed by atoms with van der Waals surface area (Å²) in [7, 11) is 0. The van der Waals surface area contributed by atoms with E-state index in [4.69, 9.17) is 0 Å². The molecule has 1 aliphatic rings. The van der Waals surface area contributed by atoms with Crippen LogP contribution in [-0.2, 0) is 0 Å². The fourth-order valence-electron chi connectivity index (χ4n) is 0.852. The van der Waals surface area contributed by atoms with Gasteiger partial charge in [0.2, 0.25) is 5.12 Å². The fraction of sp³-hybridized carbons (Fsp3) is 0.167. The normalized spacial score (nSPS) is 16.2. The smallest absolute Gasteiger partial charge is 0.224 e. The van der Waals surface area contributed by atoms with Crippen LogP contribution in [0.5, 0.6) is 0 Å². The first-order chi connectivity index (χ1) is 4.88. The van der Waals surface area contributed by atoms with Gasteiger partial charge in [-0.2, -0.15) is 0 Å². The SMILES string of the molecule is O=C1SCNc2sccc21. The van der Waals surface area contributed by atoms with Crippen molar-refractivity contribution in [3.63, 3.8) is 0 Å². The number of thioether (sulfide) groups is 1. The number of carbonyl (C=O) groups excluding carboxylic acids is 1. The highest BCUT2D eigenvalue weighted by Crippen LogP contribution is 2.31. The molecule has 52 valence electrons. The van der Waals surface area contributed by atoms with E-state index in [1.54, 1.807) is 11.3 Å². The number of nitrogens with one attached hydrogen (secondary N) is 1. The van der Waals surface area contributed by atoms with Gasteiger partial charge < -0.3 is 5.32 Å². The number of hydrogen-bond acceptors (Lipinski definition) is 4. The molecule has 2 heterocycles. The second kappa shape index (κ2) is 2.29. The molecular weight excluding hydrogens is 166 g/mol. The second-order valence-corrected chi connectivity index (χ2v) is 3.78. The Balaban J connectivity index is 2.50. The molecule has 0 saturated heterocycles. The number of hydrogen-bond donors (Lipinski definition) is 1. The van der Waals surface area contributed by atoms with Gasteiger partial charge in [0.15, 0.2) is 0 Å². The maximum absolute atomic E-state index is 11.1. The lowest BCUT2D eigenvalue weighted by atomic mass is 10.3. The van der Waals surface area contributed by atoms with Crippen LogP contribution in [0.1, 0.15) is 10.4 Å². The van der Waals surface area contributed by atoms with Crippen molar-refractivity contribution in [2.24, 2.45) is 0 Å². The monoisotopic (exact) mass is 171 g/mol. The van der Waals surface area contributed by atoms with E-state index in [9.17, 15) is 4.79 Å². The minimum atomic E-state index is 0.190. The first-order valence-electron chi connectivity index (χ1n) is 2.86. The lowest BCUT2D eigenvalue weighted by Gasteiger charge is -2.10. The minimum absolute atomic E-state index is 0.190. The Morgan fingerprint density at radius 2 is 2.50 bits per heavy atom. The number of fused-ring (bicyclic) bond motifs is 1. The first-order valence-corrected chi connectivity index (χ1v) is 4.73. The summed E-state index contributed by atoms with van der Waals surface area (Å²) in [5.74, 6) is 0.715. The van der Waals surface area contributed by atoms with E-state index >= 15 is 0 Å². The molecule has 10 heavy (non-hydrogen) atoms. The van der Waals surface area contributed by atoms with Crippen LogP contribution in [0.25, 0.3) is 0 Å². The van der Waals surface area contributed by atoms with Gasteiger partial charge in [-0.15, -0.1) is 11.3 Å². The Hall–Kier alpha value is -0.480. The number of rotatable bonds is 0. The first kappa shape index (κ1) is 6.24. The summed E-state index contributed by atoms with van der Waals surface area (Å²) in [5, 5.41) is 6.27. The molecular formula is C6H5NOS2. The summed E-state index contributed by atoms with van der Waals surface area (Å²) < 4.78 is 0. The standard InChI is InChI=1S/C6H5NOS2/c8-6-4-1-2-9-5(4)7-3-10-6/h1-2,7H,3H2. The zero-order valence-electron chi connectivity index (χ0n) is 5.09. The summed E-state index contributed by atoms with van der Waals surface area (Å²) in [6, 6.07) is 1.86. The lowest BCUT2D eigenvalue weighted by Crippen LogP contribution is -2.09. The largest absolute Gasteiger partial charge is 0.367 e. The van der Waals surface area contributed by atoms with Gasteiger partial charge in [0, 0.05) is 0 Å². The van der Waals surface area contributed by atoms with E-state index in [0.29, 0.717) is 5.88 Å². The third kappa shape index (κ3) is 0.839. The van der Waals surface area contributed by atoms with Gasteiger partial charge in [0.1, 0.15) is 5.00 Å². The molecule has 2 rings (SSSR count). The molecule has 0 unspecified atom stereocenters. The van der Waals surface area contributed by atoms with Crippen LogP contribution < -0.4 is 5.32 Å². The maximum Gasteiger partial charge on any atom is 0.224 e. The van der Waals surface area contributed by atoms with Gasteiger partial charge in [-0.05, 0) is 11.4 Å². The third-order valence-corrected chi connectivity index (χ3v) is 2.96. The fourth-order valence-corrected chi connectivity index (χ4v) is 2.46. The van der Waals surface area contributed by atoms with Crippen molar-refractivity contribution in [2.75, 3.05) is 11.2 Å². The zero-order chi connectivity index (χ0) is 6.97. The molecule has 0 bridgehead atoms. The topological polar surface area (TPSA) is 29.1 Å². The molecule has 0 spiro atoms. The molecule has 1 aliphatic heterocycles. The van der Waals surface area contributed by atoms with Gasteiger partial charge in [-0.1, -0.05) is 11.8 Å². The molecule has 1 N–H and O–H groups in total. The van der Waals surface area contributed by atoms with Crippen molar-refractivity contribution >= 4 is 33.2 Å². The average Bonchev–Trinajstić information content (AvgIpc) is 2.36. The van der Waals surface area contributed by atoms with Crippen LogP contribution in [0.15, 0.2) is 11.4 Å². The van der Waals surface area contributed by atoms with Crippen molar-refractivity contribution in [3.05, 3.63) is 17.0 Å². The van der Waals surface area contributed by atoms with Gasteiger partial charge in [0.05, 0.1) is 11.4 Å². The quantitative estimate of drug-likeness (QED) is 0.647. The summed E-state index contributed by atoms with van der Waals surface area (Å²) in [5.41, 5.74) is 0.834. The summed E-state index contributed by atoms with van der Waals surface area (Å²) >= 11 is 2.91. The Morgan fingerprint density at radius 1 is 1.60 bits per heavy atom. The molecule has 0 amide bonds.